The number of ether oxygens (including phenoxy) is 1. The van der Waals surface area contributed by atoms with Gasteiger partial charge >= 0.3 is 0 Å². The van der Waals surface area contributed by atoms with Crippen molar-refractivity contribution < 1.29 is 17.9 Å². The van der Waals surface area contributed by atoms with Crippen LogP contribution in [0.3, 0.4) is 0 Å². The Morgan fingerprint density at radius 1 is 1.21 bits per heavy atom. The molecule has 1 aromatic rings. The zero-order valence-corrected chi connectivity index (χ0v) is 18.7. The van der Waals surface area contributed by atoms with Crippen LogP contribution in [0.25, 0.3) is 0 Å². The van der Waals surface area contributed by atoms with Crippen LogP contribution in [0.5, 0.6) is 0 Å². The van der Waals surface area contributed by atoms with E-state index in [-0.39, 0.29) is 11.8 Å². The van der Waals surface area contributed by atoms with Crippen LogP contribution < -0.4 is 0 Å². The molecule has 2 aliphatic rings. The van der Waals surface area contributed by atoms with E-state index in [9.17, 15) is 13.2 Å². The summed E-state index contributed by atoms with van der Waals surface area (Å²) in [5.74, 6) is 0.401. The third-order valence-electron chi connectivity index (χ3n) is 5.97. The average molecular weight is 423 g/mol. The van der Waals surface area contributed by atoms with Crippen molar-refractivity contribution in [1.82, 2.24) is 9.21 Å². The van der Waals surface area contributed by atoms with Gasteiger partial charge in [-0.3, -0.25) is 4.79 Å². The molecule has 1 aliphatic carbocycles. The number of methoxy groups -OCH3 is 1. The van der Waals surface area contributed by atoms with Crippen LogP contribution in [0.15, 0.2) is 23.1 Å². The molecule has 7 heteroatoms. The molecule has 1 amide bonds. The first-order valence-corrected chi connectivity index (χ1v) is 12.2. The summed E-state index contributed by atoms with van der Waals surface area (Å²) in [7, 11) is -1.86. The predicted octanol–water partition coefficient (Wildman–Crippen LogP) is 2.71. The lowest BCUT2D eigenvalue weighted by Gasteiger charge is -2.34. The number of piperidine rings is 1. The van der Waals surface area contributed by atoms with Crippen molar-refractivity contribution in [3.63, 3.8) is 0 Å². The molecule has 0 saturated carbocycles. The van der Waals surface area contributed by atoms with Crippen LogP contribution in [-0.4, -0.2) is 63.4 Å². The summed E-state index contributed by atoms with van der Waals surface area (Å²) in [4.78, 5) is 15.3. The highest BCUT2D eigenvalue weighted by Crippen LogP contribution is 2.29. The molecule has 3 rings (SSSR count). The number of hydrogen-bond acceptors (Lipinski definition) is 4. The molecule has 0 unspecified atom stereocenters. The van der Waals surface area contributed by atoms with E-state index in [1.165, 1.54) is 11.1 Å². The summed E-state index contributed by atoms with van der Waals surface area (Å²) in [6, 6.07) is 5.56. The number of rotatable bonds is 8. The van der Waals surface area contributed by atoms with Gasteiger partial charge in [-0.15, -0.1) is 0 Å². The Labute approximate surface area is 175 Å². The molecule has 1 heterocycles. The normalized spacial score (nSPS) is 18.2. The topological polar surface area (TPSA) is 66.9 Å². The molecule has 6 nitrogen and oxygen atoms in total. The molecular formula is C22H34N2O4S. The van der Waals surface area contributed by atoms with E-state index in [2.05, 4.69) is 13.8 Å². The van der Waals surface area contributed by atoms with Crippen LogP contribution in [0, 0.1) is 11.8 Å². The van der Waals surface area contributed by atoms with Gasteiger partial charge in [0, 0.05) is 39.2 Å². The Balaban J connectivity index is 1.63. The van der Waals surface area contributed by atoms with Gasteiger partial charge in [0.25, 0.3) is 0 Å². The number of carbonyl (C=O) groups is 1. The molecule has 0 N–H and O–H groups in total. The molecule has 1 aromatic carbocycles. The summed E-state index contributed by atoms with van der Waals surface area (Å²) in [6.07, 6.45) is 4.25. The number of aryl methyl sites for hydroxylation is 2. The molecule has 0 aromatic heterocycles. The SMILES string of the molecule is COCCN(CC(C)C)C(=O)C1CCN(S(=O)(=O)c2ccc3c(c2)CCC3)CC1. The Kier molecular flexibility index (Phi) is 7.35. The number of benzene rings is 1. The van der Waals surface area contributed by atoms with Gasteiger partial charge in [-0.1, -0.05) is 19.9 Å². The minimum Gasteiger partial charge on any atom is -0.383 e. The summed E-state index contributed by atoms with van der Waals surface area (Å²) in [5.41, 5.74) is 2.44. The Morgan fingerprint density at radius 3 is 2.55 bits per heavy atom. The van der Waals surface area contributed by atoms with Crippen molar-refractivity contribution in [2.24, 2.45) is 11.8 Å². The van der Waals surface area contributed by atoms with E-state index >= 15 is 0 Å². The lowest BCUT2D eigenvalue weighted by atomic mass is 9.96. The molecule has 0 bridgehead atoms. The van der Waals surface area contributed by atoms with E-state index in [1.54, 1.807) is 17.5 Å². The Hall–Kier alpha value is -1.44. The average Bonchev–Trinajstić information content (AvgIpc) is 3.18. The molecule has 1 saturated heterocycles. The van der Waals surface area contributed by atoms with E-state index in [1.807, 2.05) is 17.0 Å². The third-order valence-corrected chi connectivity index (χ3v) is 7.87. The zero-order chi connectivity index (χ0) is 21.0. The summed E-state index contributed by atoms with van der Waals surface area (Å²) < 4.78 is 32.9. The maximum absolute atomic E-state index is 13.1. The maximum Gasteiger partial charge on any atom is 0.243 e. The van der Waals surface area contributed by atoms with E-state index in [0.717, 1.165) is 19.3 Å². The van der Waals surface area contributed by atoms with Gasteiger partial charge in [0.05, 0.1) is 11.5 Å². The predicted molar refractivity (Wildman–Crippen MR) is 113 cm³/mol. The first kappa shape index (κ1) is 22.2. The number of nitrogens with zero attached hydrogens (tertiary/aromatic N) is 2. The molecule has 29 heavy (non-hydrogen) atoms. The molecule has 0 spiro atoms. The molecule has 162 valence electrons. The number of hydrogen-bond donors (Lipinski definition) is 0. The van der Waals surface area contributed by atoms with Crippen molar-refractivity contribution in [3.8, 4) is 0 Å². The van der Waals surface area contributed by atoms with E-state index < -0.39 is 10.0 Å². The smallest absolute Gasteiger partial charge is 0.243 e. The van der Waals surface area contributed by atoms with Crippen molar-refractivity contribution in [2.75, 3.05) is 39.9 Å². The van der Waals surface area contributed by atoms with Crippen molar-refractivity contribution in [3.05, 3.63) is 29.3 Å². The summed E-state index contributed by atoms with van der Waals surface area (Å²) >= 11 is 0. The summed E-state index contributed by atoms with van der Waals surface area (Å²) in [5, 5.41) is 0. The van der Waals surface area contributed by atoms with Crippen LogP contribution in [0.4, 0.5) is 0 Å². The van der Waals surface area contributed by atoms with Crippen molar-refractivity contribution in [1.29, 1.82) is 0 Å². The van der Waals surface area contributed by atoms with E-state index in [0.29, 0.717) is 56.4 Å². The molecule has 1 aliphatic heterocycles. The first-order valence-electron chi connectivity index (χ1n) is 10.7. The highest BCUT2D eigenvalue weighted by Gasteiger charge is 2.34. The Bertz CT molecular complexity index is 814. The second kappa shape index (κ2) is 9.58. The molecule has 1 fully saturated rings. The fourth-order valence-corrected chi connectivity index (χ4v) is 5.91. The van der Waals surface area contributed by atoms with Crippen LogP contribution in [0.1, 0.15) is 44.2 Å². The zero-order valence-electron chi connectivity index (χ0n) is 17.9. The van der Waals surface area contributed by atoms with Gasteiger partial charge in [0.15, 0.2) is 0 Å². The van der Waals surface area contributed by atoms with E-state index in [4.69, 9.17) is 4.74 Å². The highest BCUT2D eigenvalue weighted by molar-refractivity contribution is 7.89. The Morgan fingerprint density at radius 2 is 1.90 bits per heavy atom. The van der Waals surface area contributed by atoms with Gasteiger partial charge in [-0.05, 0) is 61.3 Å². The molecule has 0 atom stereocenters. The second-order valence-corrected chi connectivity index (χ2v) is 10.6. The lowest BCUT2D eigenvalue weighted by molar-refractivity contribution is -0.138. The lowest BCUT2D eigenvalue weighted by Crippen LogP contribution is -2.46. The monoisotopic (exact) mass is 422 g/mol. The van der Waals surface area contributed by atoms with Gasteiger partial charge in [0.2, 0.25) is 15.9 Å². The fourth-order valence-electron chi connectivity index (χ4n) is 4.39. The largest absolute Gasteiger partial charge is 0.383 e. The van der Waals surface area contributed by atoms with Gasteiger partial charge in [-0.25, -0.2) is 8.42 Å². The number of carbonyl (C=O) groups excluding carboxylic acids is 1. The minimum atomic E-state index is -3.50. The number of sulfonamides is 1. The van der Waals surface area contributed by atoms with Gasteiger partial charge < -0.3 is 9.64 Å². The third kappa shape index (κ3) is 5.19. The van der Waals surface area contributed by atoms with Crippen molar-refractivity contribution in [2.45, 2.75) is 50.8 Å². The van der Waals surface area contributed by atoms with Crippen LogP contribution in [-0.2, 0) is 32.4 Å². The second-order valence-electron chi connectivity index (χ2n) is 8.63. The minimum absolute atomic E-state index is 0.114. The number of fused-ring (bicyclic) bond motifs is 1. The number of amides is 1. The first-order chi connectivity index (χ1) is 13.8. The van der Waals surface area contributed by atoms with Crippen LogP contribution in [0.2, 0.25) is 0 Å². The molecule has 0 radical (unpaired) electrons. The van der Waals surface area contributed by atoms with Gasteiger partial charge in [0.1, 0.15) is 0 Å². The van der Waals surface area contributed by atoms with Gasteiger partial charge in [-0.2, -0.15) is 4.31 Å². The summed E-state index contributed by atoms with van der Waals surface area (Å²) in [6.45, 7) is 6.80. The maximum atomic E-state index is 13.1. The fraction of sp³-hybridized carbons (Fsp3) is 0.682. The van der Waals surface area contributed by atoms with Crippen LogP contribution >= 0.6 is 0 Å². The molecular weight excluding hydrogens is 388 g/mol. The standard InChI is InChI=1S/C22H34N2O4S/c1-17(2)16-23(13-14-28-3)22(25)19-9-11-24(12-10-19)29(26,27)21-8-7-18-5-4-6-20(18)15-21/h7-8,15,17,19H,4-6,9-14,16H2,1-3H3. The highest BCUT2D eigenvalue weighted by atomic mass is 32.2. The quantitative estimate of drug-likeness (QED) is 0.646. The van der Waals surface area contributed by atoms with Crippen molar-refractivity contribution >= 4 is 15.9 Å².